The zero-order valence-corrected chi connectivity index (χ0v) is 7.57. The van der Waals surface area contributed by atoms with Crippen molar-refractivity contribution in [2.24, 2.45) is 0 Å². The van der Waals surface area contributed by atoms with Crippen LogP contribution in [0.25, 0.3) is 0 Å². The molecule has 0 fully saturated rings. The van der Waals surface area contributed by atoms with E-state index < -0.39 is 0 Å². The molecular formula is C8H11N3O2. The summed E-state index contributed by atoms with van der Waals surface area (Å²) in [5.41, 5.74) is 0.988. The molecule has 0 unspecified atom stereocenters. The second-order valence-corrected chi connectivity index (χ2v) is 2.55. The van der Waals surface area contributed by atoms with Crippen LogP contribution in [0.15, 0.2) is 12.3 Å². The molecule has 0 saturated heterocycles. The number of esters is 1. The number of nitrogens with zero attached hydrogens (tertiary/aromatic N) is 2. The summed E-state index contributed by atoms with van der Waals surface area (Å²) in [6.07, 6.45) is 1.64. The minimum atomic E-state index is -0.330. The van der Waals surface area contributed by atoms with Crippen LogP contribution < -0.4 is 5.32 Å². The van der Waals surface area contributed by atoms with Crippen molar-refractivity contribution in [3.8, 4) is 0 Å². The lowest BCUT2D eigenvalue weighted by Gasteiger charge is -2.02. The lowest BCUT2D eigenvalue weighted by atomic mass is 10.3. The number of hydrogen-bond donors (Lipinski definition) is 1. The second-order valence-electron chi connectivity index (χ2n) is 2.55. The largest absolute Gasteiger partial charge is 0.468 e. The van der Waals surface area contributed by atoms with Gasteiger partial charge in [0.25, 0.3) is 0 Å². The summed E-state index contributed by atoms with van der Waals surface area (Å²) < 4.78 is 4.45. The van der Waals surface area contributed by atoms with Gasteiger partial charge in [-0.05, 0) is 18.6 Å². The number of carbonyl (C=O) groups is 1. The number of ether oxygens (including phenoxy) is 1. The van der Waals surface area contributed by atoms with Gasteiger partial charge in [0.05, 0.1) is 13.3 Å². The van der Waals surface area contributed by atoms with Crippen molar-refractivity contribution in [3.05, 3.63) is 17.8 Å². The lowest BCUT2D eigenvalue weighted by Crippen LogP contribution is -2.15. The quantitative estimate of drug-likeness (QED) is 0.682. The van der Waals surface area contributed by atoms with E-state index in [4.69, 9.17) is 0 Å². The molecule has 0 aliphatic heterocycles. The van der Waals surface area contributed by atoms with Gasteiger partial charge in [0, 0.05) is 0 Å². The minimum absolute atomic E-state index is 0.106. The summed E-state index contributed by atoms with van der Waals surface area (Å²) in [7, 11) is 1.34. The third-order valence-corrected chi connectivity index (χ3v) is 1.43. The van der Waals surface area contributed by atoms with Crippen molar-refractivity contribution in [2.45, 2.75) is 6.92 Å². The van der Waals surface area contributed by atoms with Crippen molar-refractivity contribution < 1.29 is 9.53 Å². The highest BCUT2D eigenvalue weighted by atomic mass is 16.5. The highest BCUT2D eigenvalue weighted by molar-refractivity contribution is 5.74. The Morgan fingerprint density at radius 2 is 2.46 bits per heavy atom. The molecule has 0 aromatic carbocycles. The maximum absolute atomic E-state index is 10.7. The van der Waals surface area contributed by atoms with Gasteiger partial charge >= 0.3 is 5.97 Å². The van der Waals surface area contributed by atoms with Crippen LogP contribution in [0.2, 0.25) is 0 Å². The van der Waals surface area contributed by atoms with Crippen LogP contribution in [0.4, 0.5) is 5.82 Å². The van der Waals surface area contributed by atoms with E-state index in [0.717, 1.165) is 5.56 Å². The highest BCUT2D eigenvalue weighted by Gasteiger charge is 2.00. The molecule has 0 spiro atoms. The van der Waals surface area contributed by atoms with Crippen molar-refractivity contribution in [1.82, 2.24) is 10.2 Å². The van der Waals surface area contributed by atoms with E-state index >= 15 is 0 Å². The van der Waals surface area contributed by atoms with E-state index in [0.29, 0.717) is 5.82 Å². The first-order valence-corrected chi connectivity index (χ1v) is 3.82. The van der Waals surface area contributed by atoms with E-state index in [9.17, 15) is 4.79 Å². The molecule has 5 heteroatoms. The predicted molar refractivity (Wildman–Crippen MR) is 47.3 cm³/mol. The molecular weight excluding hydrogens is 170 g/mol. The van der Waals surface area contributed by atoms with E-state index in [1.165, 1.54) is 7.11 Å². The fraction of sp³-hybridized carbons (Fsp3) is 0.375. The van der Waals surface area contributed by atoms with Crippen LogP contribution >= 0.6 is 0 Å². The molecule has 0 atom stereocenters. The number of methoxy groups -OCH3 is 1. The molecule has 70 valence electrons. The van der Waals surface area contributed by atoms with E-state index in [1.54, 1.807) is 12.3 Å². The van der Waals surface area contributed by atoms with Crippen LogP contribution in [0.5, 0.6) is 0 Å². The molecule has 1 rings (SSSR count). The monoisotopic (exact) mass is 181 g/mol. The van der Waals surface area contributed by atoms with Gasteiger partial charge in [0.1, 0.15) is 12.4 Å². The van der Waals surface area contributed by atoms with Crippen molar-refractivity contribution in [2.75, 3.05) is 19.0 Å². The third kappa shape index (κ3) is 3.06. The van der Waals surface area contributed by atoms with E-state index in [-0.39, 0.29) is 12.5 Å². The summed E-state index contributed by atoms with van der Waals surface area (Å²) in [5, 5.41) is 10.3. The molecule has 0 saturated carbocycles. The number of aryl methyl sites for hydroxylation is 1. The standard InChI is InChI=1S/C8H11N3O2/c1-6-3-7(11-10-4-6)9-5-8(12)13-2/h3-4H,5H2,1-2H3,(H,9,11). The average molecular weight is 181 g/mol. The molecule has 5 nitrogen and oxygen atoms in total. The number of hydrogen-bond acceptors (Lipinski definition) is 5. The zero-order valence-electron chi connectivity index (χ0n) is 7.57. The van der Waals surface area contributed by atoms with Crippen LogP contribution in [-0.4, -0.2) is 29.8 Å². The Bertz CT molecular complexity index is 301. The Morgan fingerprint density at radius 1 is 1.69 bits per heavy atom. The van der Waals surface area contributed by atoms with Gasteiger partial charge in [0.15, 0.2) is 0 Å². The average Bonchev–Trinajstić information content (AvgIpc) is 2.14. The molecule has 13 heavy (non-hydrogen) atoms. The van der Waals surface area contributed by atoms with Gasteiger partial charge in [-0.25, -0.2) is 0 Å². The van der Waals surface area contributed by atoms with Crippen LogP contribution in [-0.2, 0) is 9.53 Å². The summed E-state index contributed by atoms with van der Waals surface area (Å²) in [5.74, 6) is 0.244. The fourth-order valence-electron chi connectivity index (χ4n) is 0.785. The molecule has 0 amide bonds. The van der Waals surface area contributed by atoms with Crippen molar-refractivity contribution >= 4 is 11.8 Å². The summed E-state index contributed by atoms with van der Waals surface area (Å²) in [6.45, 7) is 2.01. The Labute approximate surface area is 76.1 Å². The molecule has 0 aliphatic rings. The molecule has 1 N–H and O–H groups in total. The van der Waals surface area contributed by atoms with Crippen LogP contribution in [0.3, 0.4) is 0 Å². The van der Waals surface area contributed by atoms with Crippen LogP contribution in [0.1, 0.15) is 5.56 Å². The van der Waals surface area contributed by atoms with Gasteiger partial charge in [-0.3, -0.25) is 4.79 Å². The second kappa shape index (κ2) is 4.39. The summed E-state index contributed by atoms with van der Waals surface area (Å²) in [4.78, 5) is 10.7. The number of nitrogens with one attached hydrogen (secondary N) is 1. The first-order chi connectivity index (χ1) is 6.22. The SMILES string of the molecule is COC(=O)CNc1cc(C)cnn1. The predicted octanol–water partition coefficient (Wildman–Crippen LogP) is 0.370. The van der Waals surface area contributed by atoms with Gasteiger partial charge in [-0.1, -0.05) is 0 Å². The van der Waals surface area contributed by atoms with Crippen molar-refractivity contribution in [3.63, 3.8) is 0 Å². The third-order valence-electron chi connectivity index (χ3n) is 1.43. The van der Waals surface area contributed by atoms with E-state index in [1.807, 2.05) is 6.92 Å². The maximum Gasteiger partial charge on any atom is 0.325 e. The molecule has 1 aromatic rings. The Balaban J connectivity index is 2.50. The van der Waals surface area contributed by atoms with Gasteiger partial charge < -0.3 is 10.1 Å². The number of carbonyl (C=O) groups excluding carboxylic acids is 1. The fourth-order valence-corrected chi connectivity index (χ4v) is 0.785. The number of rotatable bonds is 3. The van der Waals surface area contributed by atoms with E-state index in [2.05, 4.69) is 20.3 Å². The van der Waals surface area contributed by atoms with Crippen molar-refractivity contribution in [1.29, 1.82) is 0 Å². The van der Waals surface area contributed by atoms with Gasteiger partial charge in [0.2, 0.25) is 0 Å². The summed E-state index contributed by atoms with van der Waals surface area (Å²) >= 11 is 0. The first-order valence-electron chi connectivity index (χ1n) is 3.82. The lowest BCUT2D eigenvalue weighted by molar-refractivity contribution is -0.138. The summed E-state index contributed by atoms with van der Waals surface area (Å²) in [6, 6.07) is 1.80. The Hall–Kier alpha value is -1.65. The normalized spacial score (nSPS) is 9.38. The number of aromatic nitrogens is 2. The minimum Gasteiger partial charge on any atom is -0.468 e. The molecule has 1 aromatic heterocycles. The number of anilines is 1. The smallest absolute Gasteiger partial charge is 0.325 e. The first kappa shape index (κ1) is 9.44. The maximum atomic E-state index is 10.7. The Morgan fingerprint density at radius 3 is 3.08 bits per heavy atom. The molecule has 0 bridgehead atoms. The molecule has 0 radical (unpaired) electrons. The molecule has 0 aliphatic carbocycles. The Kier molecular flexibility index (Phi) is 3.19. The zero-order chi connectivity index (χ0) is 9.68. The highest BCUT2D eigenvalue weighted by Crippen LogP contribution is 2.02. The topological polar surface area (TPSA) is 64.1 Å². The van der Waals surface area contributed by atoms with Gasteiger partial charge in [-0.15, -0.1) is 5.10 Å². The molecule has 1 heterocycles. The van der Waals surface area contributed by atoms with Crippen LogP contribution in [0, 0.1) is 6.92 Å². The van der Waals surface area contributed by atoms with Gasteiger partial charge in [-0.2, -0.15) is 5.10 Å².